The molecular formula is C32H29N3O8S2. The summed E-state index contributed by atoms with van der Waals surface area (Å²) in [7, 11) is -7.79. The molecule has 1 amide bonds. The summed E-state index contributed by atoms with van der Waals surface area (Å²) in [5, 5.41) is 12.2. The fourth-order valence-corrected chi connectivity index (χ4v) is 7.43. The lowest BCUT2D eigenvalue weighted by Gasteiger charge is -2.16. The van der Waals surface area contributed by atoms with E-state index in [1.165, 1.54) is 31.2 Å². The molecule has 5 N–H and O–H groups in total. The molecule has 5 aromatic rings. The van der Waals surface area contributed by atoms with Crippen LogP contribution in [0, 0.1) is 5.92 Å². The molecule has 2 atom stereocenters. The quantitative estimate of drug-likeness (QED) is 0.153. The number of nitrogens with two attached hydrogens (primary N) is 1. The molecule has 0 fully saturated rings. The Balaban J connectivity index is 1.33. The first kappa shape index (κ1) is 31.4. The van der Waals surface area contributed by atoms with Crippen molar-refractivity contribution in [3.05, 3.63) is 109 Å². The second-order valence-corrected chi connectivity index (χ2v) is 14.1. The maximum atomic E-state index is 13.3. The van der Waals surface area contributed by atoms with E-state index >= 15 is 0 Å². The Morgan fingerprint density at radius 3 is 2.00 bits per heavy atom. The number of furan rings is 1. The van der Waals surface area contributed by atoms with E-state index in [1.54, 1.807) is 78.9 Å². The summed E-state index contributed by atoms with van der Waals surface area (Å²) in [5.41, 5.74) is 7.75. The molecule has 4 aromatic carbocycles. The SMILES string of the molecule is CC(CS(=O)(=O)c1ccc(-c2ccc(NC(=O)c3oc4ccccc4c3NS(=O)(=O)c3ccccc3)cc2)cc1)[C@H](N)C(=O)O. The van der Waals surface area contributed by atoms with Crippen LogP contribution < -0.4 is 15.8 Å². The van der Waals surface area contributed by atoms with Gasteiger partial charge in [-0.1, -0.05) is 61.5 Å². The number of amides is 1. The Kier molecular flexibility index (Phi) is 8.77. The summed E-state index contributed by atoms with van der Waals surface area (Å²) in [6.45, 7) is 1.48. The molecule has 45 heavy (non-hydrogen) atoms. The molecule has 0 aliphatic carbocycles. The van der Waals surface area contributed by atoms with Crippen LogP contribution in [0.5, 0.6) is 0 Å². The summed E-state index contributed by atoms with van der Waals surface area (Å²) >= 11 is 0. The zero-order valence-electron chi connectivity index (χ0n) is 23.9. The van der Waals surface area contributed by atoms with E-state index in [2.05, 4.69) is 10.0 Å². The highest BCUT2D eigenvalue weighted by Crippen LogP contribution is 2.33. The molecule has 232 valence electrons. The Morgan fingerprint density at radius 2 is 1.38 bits per heavy atom. The molecule has 13 heteroatoms. The highest BCUT2D eigenvalue weighted by molar-refractivity contribution is 7.92. The molecule has 0 aliphatic heterocycles. The third-order valence-electron chi connectivity index (χ3n) is 7.16. The van der Waals surface area contributed by atoms with Crippen molar-refractivity contribution < 1.29 is 35.9 Å². The Labute approximate surface area is 259 Å². The van der Waals surface area contributed by atoms with Gasteiger partial charge in [-0.3, -0.25) is 14.3 Å². The van der Waals surface area contributed by atoms with Crippen molar-refractivity contribution in [3.8, 4) is 11.1 Å². The van der Waals surface area contributed by atoms with Gasteiger partial charge in [0.25, 0.3) is 15.9 Å². The number of anilines is 2. The van der Waals surface area contributed by atoms with Crippen molar-refractivity contribution in [1.82, 2.24) is 0 Å². The van der Waals surface area contributed by atoms with Crippen molar-refractivity contribution in [2.75, 3.05) is 15.8 Å². The number of para-hydroxylation sites is 1. The summed E-state index contributed by atoms with van der Waals surface area (Å²) in [6, 6.07) is 26.0. The van der Waals surface area contributed by atoms with Gasteiger partial charge in [0.2, 0.25) is 5.76 Å². The van der Waals surface area contributed by atoms with Gasteiger partial charge in [0.1, 0.15) is 17.3 Å². The van der Waals surface area contributed by atoms with Gasteiger partial charge in [-0.05, 0) is 65.6 Å². The first-order valence-corrected chi connectivity index (χ1v) is 16.8. The van der Waals surface area contributed by atoms with Crippen LogP contribution in [0.3, 0.4) is 0 Å². The number of carboxylic acid groups (broad SMARTS) is 1. The number of carbonyl (C=O) groups excluding carboxylic acids is 1. The fraction of sp³-hybridized carbons (Fsp3) is 0.125. The molecule has 0 bridgehead atoms. The normalized spacial score (nSPS) is 13.2. The molecular weight excluding hydrogens is 618 g/mol. The maximum Gasteiger partial charge on any atom is 0.320 e. The number of benzene rings is 4. The Bertz CT molecular complexity index is 2080. The van der Waals surface area contributed by atoms with Crippen molar-refractivity contribution in [2.24, 2.45) is 11.7 Å². The van der Waals surface area contributed by atoms with Crippen molar-refractivity contribution in [1.29, 1.82) is 0 Å². The van der Waals surface area contributed by atoms with Gasteiger partial charge in [0, 0.05) is 11.1 Å². The molecule has 0 spiro atoms. The first-order valence-electron chi connectivity index (χ1n) is 13.7. The van der Waals surface area contributed by atoms with E-state index in [-0.39, 0.29) is 21.2 Å². The van der Waals surface area contributed by atoms with Gasteiger partial charge in [0.05, 0.1) is 15.5 Å². The minimum atomic E-state index is -4.02. The molecule has 0 saturated heterocycles. The van der Waals surface area contributed by atoms with E-state index in [9.17, 15) is 26.4 Å². The molecule has 1 heterocycles. The minimum absolute atomic E-state index is 0.0120. The summed E-state index contributed by atoms with van der Waals surface area (Å²) < 4.78 is 60.0. The van der Waals surface area contributed by atoms with E-state index in [4.69, 9.17) is 15.3 Å². The third-order valence-corrected chi connectivity index (χ3v) is 10.5. The molecule has 11 nitrogen and oxygen atoms in total. The van der Waals surface area contributed by atoms with Crippen LogP contribution in [-0.4, -0.2) is 45.6 Å². The van der Waals surface area contributed by atoms with Crippen LogP contribution in [0.1, 0.15) is 17.5 Å². The van der Waals surface area contributed by atoms with Gasteiger partial charge in [-0.25, -0.2) is 16.8 Å². The monoisotopic (exact) mass is 647 g/mol. The lowest BCUT2D eigenvalue weighted by Crippen LogP contribution is -2.39. The number of rotatable bonds is 11. The number of hydrogen-bond donors (Lipinski definition) is 4. The van der Waals surface area contributed by atoms with Crippen LogP contribution >= 0.6 is 0 Å². The van der Waals surface area contributed by atoms with Gasteiger partial charge < -0.3 is 20.6 Å². The summed E-state index contributed by atoms with van der Waals surface area (Å²) in [5.74, 6) is -3.34. The van der Waals surface area contributed by atoms with Crippen LogP contribution in [0.2, 0.25) is 0 Å². The maximum absolute atomic E-state index is 13.3. The highest BCUT2D eigenvalue weighted by atomic mass is 32.2. The summed E-state index contributed by atoms with van der Waals surface area (Å²) in [6.07, 6.45) is 0. The molecule has 0 aliphatic rings. The second kappa shape index (κ2) is 12.6. The number of fused-ring (bicyclic) bond motifs is 1. The Morgan fingerprint density at radius 1 is 0.800 bits per heavy atom. The van der Waals surface area contributed by atoms with Crippen molar-refractivity contribution in [3.63, 3.8) is 0 Å². The van der Waals surface area contributed by atoms with Crippen LogP contribution in [0.25, 0.3) is 22.1 Å². The zero-order valence-corrected chi connectivity index (χ0v) is 25.5. The fourth-order valence-electron chi connectivity index (χ4n) is 4.68. The average molecular weight is 648 g/mol. The van der Waals surface area contributed by atoms with Gasteiger partial charge >= 0.3 is 5.97 Å². The number of sulfonamides is 1. The van der Waals surface area contributed by atoms with Gasteiger partial charge in [-0.15, -0.1) is 0 Å². The van der Waals surface area contributed by atoms with E-state index in [1.807, 2.05) is 0 Å². The van der Waals surface area contributed by atoms with Crippen molar-refractivity contribution >= 4 is 54.1 Å². The standard InChI is InChI=1S/C32H29N3O8S2/c1-20(28(33)32(37)38)19-44(39,40)24-17-13-22(14-18-24)21-11-15-23(16-12-21)34-31(36)30-29(26-9-5-6-10-27(26)43-30)35-45(41,42)25-7-3-2-4-8-25/h2-18,20,28,35H,19,33H2,1H3,(H,34,36)(H,37,38)/t20?,28-/m0/s1. The number of carboxylic acids is 1. The molecule has 0 radical (unpaired) electrons. The van der Waals surface area contributed by atoms with E-state index < -0.39 is 49.4 Å². The number of aliphatic carboxylic acids is 1. The van der Waals surface area contributed by atoms with Crippen LogP contribution in [-0.2, 0) is 24.7 Å². The highest BCUT2D eigenvalue weighted by Gasteiger charge is 2.27. The second-order valence-electron chi connectivity index (χ2n) is 10.4. The van der Waals surface area contributed by atoms with Crippen LogP contribution in [0.15, 0.2) is 117 Å². The van der Waals surface area contributed by atoms with Crippen molar-refractivity contribution in [2.45, 2.75) is 22.8 Å². The number of sulfone groups is 1. The lowest BCUT2D eigenvalue weighted by molar-refractivity contribution is -0.139. The number of nitrogens with one attached hydrogen (secondary N) is 2. The molecule has 1 aromatic heterocycles. The smallest absolute Gasteiger partial charge is 0.320 e. The molecule has 5 rings (SSSR count). The Hall–Kier alpha value is -4.98. The van der Waals surface area contributed by atoms with E-state index in [0.29, 0.717) is 22.2 Å². The minimum Gasteiger partial charge on any atom is -0.480 e. The topological polar surface area (TPSA) is 186 Å². The molecule has 0 saturated carbocycles. The molecule has 1 unspecified atom stereocenters. The third kappa shape index (κ3) is 6.90. The summed E-state index contributed by atoms with van der Waals surface area (Å²) in [4.78, 5) is 24.5. The number of carbonyl (C=O) groups is 2. The van der Waals surface area contributed by atoms with Crippen LogP contribution in [0.4, 0.5) is 11.4 Å². The van der Waals surface area contributed by atoms with Gasteiger partial charge in [-0.2, -0.15) is 0 Å². The largest absolute Gasteiger partial charge is 0.480 e. The predicted molar refractivity (Wildman–Crippen MR) is 170 cm³/mol. The number of hydrogen-bond acceptors (Lipinski definition) is 8. The average Bonchev–Trinajstić information content (AvgIpc) is 3.39. The predicted octanol–water partition coefficient (Wildman–Crippen LogP) is 4.97. The zero-order chi connectivity index (χ0) is 32.4. The first-order chi connectivity index (χ1) is 21.4. The lowest BCUT2D eigenvalue weighted by atomic mass is 10.1. The van der Waals surface area contributed by atoms with E-state index in [0.717, 1.165) is 5.56 Å². The van der Waals surface area contributed by atoms with Gasteiger partial charge in [0.15, 0.2) is 9.84 Å².